The van der Waals surface area contributed by atoms with Gasteiger partial charge in [-0.1, -0.05) is 12.1 Å². The third-order valence-electron chi connectivity index (χ3n) is 3.89. The van der Waals surface area contributed by atoms with Gasteiger partial charge in [-0.15, -0.1) is 0 Å². The highest BCUT2D eigenvalue weighted by molar-refractivity contribution is 5.88. The van der Waals surface area contributed by atoms with E-state index in [2.05, 4.69) is 0 Å². The van der Waals surface area contributed by atoms with Crippen molar-refractivity contribution < 1.29 is 28.2 Å². The van der Waals surface area contributed by atoms with E-state index >= 15 is 0 Å². The number of carbonyl (C=O) groups excluding carboxylic acids is 1. The second-order valence-corrected chi connectivity index (χ2v) is 5.67. The maximum Gasteiger partial charge on any atom is 0.339 e. The summed E-state index contributed by atoms with van der Waals surface area (Å²) >= 11 is 0. The molecule has 0 bridgehead atoms. The lowest BCUT2D eigenvalue weighted by Gasteiger charge is -2.16. The molecule has 1 amide bonds. The Morgan fingerprint density at radius 2 is 2.08 bits per heavy atom. The van der Waals surface area contributed by atoms with E-state index in [4.69, 9.17) is 14.3 Å². The summed E-state index contributed by atoms with van der Waals surface area (Å²) in [6.07, 6.45) is 0.357. The van der Waals surface area contributed by atoms with Crippen LogP contribution in [0.1, 0.15) is 33.9 Å². The Morgan fingerprint density at radius 1 is 1.36 bits per heavy atom. The molecule has 0 fully saturated rings. The Kier molecular flexibility index (Phi) is 5.80. The molecule has 7 heteroatoms. The summed E-state index contributed by atoms with van der Waals surface area (Å²) in [6, 6.07) is 6.21. The highest BCUT2D eigenvalue weighted by atomic mass is 19.1. The Hall–Kier alpha value is -2.83. The summed E-state index contributed by atoms with van der Waals surface area (Å²) in [7, 11) is 2.97. The second kappa shape index (κ2) is 7.83. The fourth-order valence-corrected chi connectivity index (χ4v) is 2.50. The molecule has 1 heterocycles. The monoisotopic (exact) mass is 349 g/mol. The van der Waals surface area contributed by atoms with Crippen molar-refractivity contribution in [2.45, 2.75) is 26.3 Å². The summed E-state index contributed by atoms with van der Waals surface area (Å²) in [5.41, 5.74) is 0.484. The average molecular weight is 349 g/mol. The number of ether oxygens (including phenoxy) is 1. The summed E-state index contributed by atoms with van der Waals surface area (Å²) in [5, 5.41) is 9.02. The van der Waals surface area contributed by atoms with E-state index in [1.165, 1.54) is 24.1 Å². The number of amides is 1. The number of aryl methyl sites for hydroxylation is 2. The molecule has 0 aliphatic heterocycles. The average Bonchev–Trinajstić information content (AvgIpc) is 2.94. The van der Waals surface area contributed by atoms with E-state index in [0.29, 0.717) is 17.1 Å². The Labute approximate surface area is 144 Å². The number of methoxy groups -OCH3 is 1. The van der Waals surface area contributed by atoms with Gasteiger partial charge in [-0.25, -0.2) is 9.18 Å². The predicted molar refractivity (Wildman–Crippen MR) is 88.2 cm³/mol. The number of carbonyl (C=O) groups is 2. The van der Waals surface area contributed by atoms with Crippen LogP contribution in [-0.2, 0) is 17.8 Å². The molecule has 1 aromatic heterocycles. The lowest BCUT2D eigenvalue weighted by molar-refractivity contribution is -0.130. The molecule has 0 saturated heterocycles. The molecular weight excluding hydrogens is 329 g/mol. The van der Waals surface area contributed by atoms with E-state index in [0.717, 1.165) is 0 Å². The van der Waals surface area contributed by atoms with Crippen LogP contribution in [0.25, 0.3) is 0 Å². The lowest BCUT2D eigenvalue weighted by Crippen LogP contribution is -2.26. The summed E-state index contributed by atoms with van der Waals surface area (Å²) in [6.45, 7) is 1.70. The molecule has 0 spiro atoms. The third-order valence-corrected chi connectivity index (χ3v) is 3.89. The molecular formula is C18H20FNO5. The van der Waals surface area contributed by atoms with Gasteiger partial charge in [0.15, 0.2) is 11.6 Å². The van der Waals surface area contributed by atoms with Crippen LogP contribution in [0, 0.1) is 12.7 Å². The van der Waals surface area contributed by atoms with Gasteiger partial charge in [-0.3, -0.25) is 4.79 Å². The van der Waals surface area contributed by atoms with Gasteiger partial charge < -0.3 is 19.2 Å². The first kappa shape index (κ1) is 18.5. The van der Waals surface area contributed by atoms with Crippen molar-refractivity contribution >= 4 is 11.9 Å². The first-order valence-corrected chi connectivity index (χ1v) is 7.71. The Bertz CT molecular complexity index is 784. The van der Waals surface area contributed by atoms with E-state index in [1.54, 1.807) is 26.1 Å². The van der Waals surface area contributed by atoms with Crippen molar-refractivity contribution in [3.63, 3.8) is 0 Å². The molecule has 25 heavy (non-hydrogen) atoms. The number of rotatable bonds is 7. The van der Waals surface area contributed by atoms with Gasteiger partial charge >= 0.3 is 5.97 Å². The van der Waals surface area contributed by atoms with Crippen LogP contribution in [0.4, 0.5) is 4.39 Å². The maximum atomic E-state index is 14.1. The zero-order valence-electron chi connectivity index (χ0n) is 14.3. The normalized spacial score (nSPS) is 10.6. The number of hydrogen-bond acceptors (Lipinski definition) is 4. The highest BCUT2D eigenvalue weighted by Crippen LogP contribution is 2.21. The molecule has 2 aromatic rings. The van der Waals surface area contributed by atoms with Gasteiger partial charge in [0.25, 0.3) is 0 Å². The number of aromatic carboxylic acids is 1. The summed E-state index contributed by atoms with van der Waals surface area (Å²) < 4.78 is 24.4. The lowest BCUT2D eigenvalue weighted by atomic mass is 10.1. The molecule has 6 nitrogen and oxygen atoms in total. The second-order valence-electron chi connectivity index (χ2n) is 5.67. The third kappa shape index (κ3) is 4.37. The van der Waals surface area contributed by atoms with Crippen molar-refractivity contribution in [1.82, 2.24) is 4.90 Å². The molecule has 0 saturated carbocycles. The zero-order chi connectivity index (χ0) is 18.6. The number of benzene rings is 1. The zero-order valence-corrected chi connectivity index (χ0v) is 14.3. The van der Waals surface area contributed by atoms with Crippen molar-refractivity contribution in [3.05, 3.63) is 52.7 Å². The number of halogens is 1. The van der Waals surface area contributed by atoms with Gasteiger partial charge in [0.1, 0.15) is 17.1 Å². The topological polar surface area (TPSA) is 80.0 Å². The van der Waals surface area contributed by atoms with Crippen LogP contribution in [0.5, 0.6) is 5.75 Å². The Morgan fingerprint density at radius 3 is 2.68 bits per heavy atom. The minimum Gasteiger partial charge on any atom is -0.494 e. The molecule has 0 unspecified atom stereocenters. The number of carboxylic acid groups (broad SMARTS) is 1. The van der Waals surface area contributed by atoms with Crippen LogP contribution in [0.15, 0.2) is 28.7 Å². The van der Waals surface area contributed by atoms with Crippen molar-refractivity contribution in [3.8, 4) is 5.75 Å². The van der Waals surface area contributed by atoms with Gasteiger partial charge in [0.2, 0.25) is 5.91 Å². The van der Waals surface area contributed by atoms with Crippen LogP contribution < -0.4 is 4.74 Å². The molecule has 1 aromatic carbocycles. The Balaban J connectivity index is 1.97. The largest absolute Gasteiger partial charge is 0.494 e. The standard InChI is InChI=1S/C18H20FNO5/c1-11-14(18(22)23)9-13(25-11)10-20(2)16(21)8-7-12-5-4-6-15(24-3)17(12)19/h4-6,9H,7-8,10H2,1-3H3,(H,22,23). The van der Waals surface area contributed by atoms with Crippen LogP contribution in [0.3, 0.4) is 0 Å². The smallest absolute Gasteiger partial charge is 0.339 e. The fourth-order valence-electron chi connectivity index (χ4n) is 2.50. The first-order chi connectivity index (χ1) is 11.8. The fraction of sp³-hybridized carbons (Fsp3) is 0.333. The van der Waals surface area contributed by atoms with Crippen LogP contribution >= 0.6 is 0 Å². The van der Waals surface area contributed by atoms with E-state index in [1.807, 2.05) is 0 Å². The van der Waals surface area contributed by atoms with Crippen LogP contribution in [-0.4, -0.2) is 36.0 Å². The minimum absolute atomic E-state index is 0.0781. The number of nitrogens with zero attached hydrogens (tertiary/aromatic N) is 1. The number of carboxylic acids is 1. The summed E-state index contributed by atoms with van der Waals surface area (Å²) in [4.78, 5) is 24.7. The van der Waals surface area contributed by atoms with Crippen LogP contribution in [0.2, 0.25) is 0 Å². The van der Waals surface area contributed by atoms with Crippen molar-refractivity contribution in [2.75, 3.05) is 14.2 Å². The molecule has 0 atom stereocenters. The first-order valence-electron chi connectivity index (χ1n) is 7.71. The molecule has 1 N–H and O–H groups in total. The number of hydrogen-bond donors (Lipinski definition) is 1. The van der Waals surface area contributed by atoms with E-state index in [-0.39, 0.29) is 36.6 Å². The summed E-state index contributed by atoms with van der Waals surface area (Å²) in [5.74, 6) is -0.915. The van der Waals surface area contributed by atoms with Crippen molar-refractivity contribution in [1.29, 1.82) is 0 Å². The quantitative estimate of drug-likeness (QED) is 0.831. The SMILES string of the molecule is COc1cccc(CCC(=O)N(C)Cc2cc(C(=O)O)c(C)o2)c1F. The molecule has 134 valence electrons. The van der Waals surface area contributed by atoms with Gasteiger partial charge in [-0.2, -0.15) is 0 Å². The maximum absolute atomic E-state index is 14.1. The van der Waals surface area contributed by atoms with E-state index < -0.39 is 11.8 Å². The molecule has 2 rings (SSSR count). The molecule has 0 aliphatic carbocycles. The highest BCUT2D eigenvalue weighted by Gasteiger charge is 2.17. The van der Waals surface area contributed by atoms with Gasteiger partial charge in [0, 0.05) is 13.5 Å². The van der Waals surface area contributed by atoms with Gasteiger partial charge in [0.05, 0.1) is 13.7 Å². The molecule has 0 radical (unpaired) electrons. The minimum atomic E-state index is -1.07. The number of furan rings is 1. The van der Waals surface area contributed by atoms with E-state index in [9.17, 15) is 14.0 Å². The van der Waals surface area contributed by atoms with Gasteiger partial charge in [-0.05, 0) is 31.0 Å². The predicted octanol–water partition coefficient (Wildman–Crippen LogP) is 3.03. The van der Waals surface area contributed by atoms with Crippen molar-refractivity contribution in [2.24, 2.45) is 0 Å². The molecule has 0 aliphatic rings.